The van der Waals surface area contributed by atoms with Crippen molar-refractivity contribution in [2.24, 2.45) is 5.10 Å². The van der Waals surface area contributed by atoms with Gasteiger partial charge in [-0.05, 0) is 18.2 Å². The Bertz CT molecular complexity index is 1110. The quantitative estimate of drug-likeness (QED) is 0.559. The van der Waals surface area contributed by atoms with Gasteiger partial charge in [0, 0.05) is 13.0 Å². The molecular weight excluding hydrogens is 420 g/mol. The predicted octanol–water partition coefficient (Wildman–Crippen LogP) is 3.57. The number of thioether (sulfide) groups is 1. The summed E-state index contributed by atoms with van der Waals surface area (Å²) in [5.41, 5.74) is 2.44. The highest BCUT2D eigenvalue weighted by atomic mass is 32.2. The first-order chi connectivity index (χ1) is 15.0. The third kappa shape index (κ3) is 4.11. The molecule has 1 N–H and O–H groups in total. The van der Waals surface area contributed by atoms with Gasteiger partial charge in [0.1, 0.15) is 5.75 Å². The van der Waals surface area contributed by atoms with Crippen LogP contribution < -0.4 is 14.2 Å². The summed E-state index contributed by atoms with van der Waals surface area (Å²) < 4.78 is 22.3. The molecule has 1 atom stereocenters. The lowest BCUT2D eigenvalue weighted by molar-refractivity contribution is -0.135. The molecule has 0 aliphatic carbocycles. The molecule has 2 heterocycles. The van der Waals surface area contributed by atoms with Crippen LogP contribution in [0.15, 0.2) is 46.7 Å². The smallest absolute Gasteiger partial charge is 0.243 e. The van der Waals surface area contributed by atoms with E-state index in [0.717, 1.165) is 16.2 Å². The lowest BCUT2D eigenvalue weighted by Crippen LogP contribution is -2.25. The summed E-state index contributed by atoms with van der Waals surface area (Å²) in [6, 6.07) is 11.2. The molecule has 0 fully saturated rings. The van der Waals surface area contributed by atoms with Crippen molar-refractivity contribution in [2.45, 2.75) is 18.3 Å². The van der Waals surface area contributed by atoms with E-state index < -0.39 is 6.23 Å². The second-order valence-corrected chi connectivity index (χ2v) is 7.59. The van der Waals surface area contributed by atoms with Gasteiger partial charge in [0.25, 0.3) is 0 Å². The highest BCUT2D eigenvalue weighted by molar-refractivity contribution is 7.99. The highest BCUT2D eigenvalue weighted by Crippen LogP contribution is 2.41. The average molecular weight is 442 g/mol. The van der Waals surface area contributed by atoms with Crippen molar-refractivity contribution in [3.8, 4) is 17.2 Å². The highest BCUT2D eigenvalue weighted by Gasteiger charge is 2.35. The summed E-state index contributed by atoms with van der Waals surface area (Å²) in [6.07, 6.45) is -0.779. The molecule has 2 aromatic carbocycles. The second kappa shape index (κ2) is 8.76. The van der Waals surface area contributed by atoms with Crippen LogP contribution in [0.2, 0.25) is 0 Å². The van der Waals surface area contributed by atoms with E-state index in [0.29, 0.717) is 34.5 Å². The number of imidazole rings is 1. The first-order valence-corrected chi connectivity index (χ1v) is 10.4. The molecule has 1 aliphatic rings. The van der Waals surface area contributed by atoms with Gasteiger partial charge in [0.2, 0.25) is 18.0 Å². The standard InChI is InChI=1S/C21H22N4O5S/c1-12(26)25-20(13-9-17(28-3)18(29-4)10-16(13)27-2)30-19(24-25)11-31-21-22-14-7-5-6-8-15(14)23-21/h5-10,20H,11H2,1-4H3,(H,22,23)/t20-/m1/s1. The largest absolute Gasteiger partial charge is 0.496 e. The Hall–Kier alpha value is -3.40. The fraction of sp³-hybridized carbons (Fsp3) is 0.286. The van der Waals surface area contributed by atoms with Gasteiger partial charge in [0.05, 0.1) is 43.7 Å². The molecule has 1 aliphatic heterocycles. The normalized spacial score (nSPS) is 15.5. The van der Waals surface area contributed by atoms with Crippen LogP contribution in [-0.4, -0.2) is 53.9 Å². The second-order valence-electron chi connectivity index (χ2n) is 6.62. The number of carbonyl (C=O) groups is 1. The monoisotopic (exact) mass is 442 g/mol. The maximum Gasteiger partial charge on any atom is 0.243 e. The van der Waals surface area contributed by atoms with Crippen LogP contribution in [0, 0.1) is 0 Å². The van der Waals surface area contributed by atoms with Crippen LogP contribution in [0.5, 0.6) is 17.2 Å². The molecule has 0 saturated carbocycles. The molecule has 4 rings (SSSR count). The maximum absolute atomic E-state index is 12.3. The van der Waals surface area contributed by atoms with Crippen molar-refractivity contribution in [3.63, 3.8) is 0 Å². The number of H-pyrrole nitrogens is 1. The Morgan fingerprint density at radius 2 is 1.84 bits per heavy atom. The average Bonchev–Trinajstić information content (AvgIpc) is 3.40. The molecule has 0 bridgehead atoms. The zero-order valence-electron chi connectivity index (χ0n) is 17.5. The van der Waals surface area contributed by atoms with Crippen molar-refractivity contribution in [2.75, 3.05) is 27.1 Å². The van der Waals surface area contributed by atoms with Crippen molar-refractivity contribution in [1.82, 2.24) is 15.0 Å². The summed E-state index contributed by atoms with van der Waals surface area (Å²) in [5.74, 6) is 2.05. The molecule has 1 amide bonds. The van der Waals surface area contributed by atoms with Crippen LogP contribution in [0.1, 0.15) is 18.7 Å². The number of hydrazone groups is 1. The van der Waals surface area contributed by atoms with E-state index in [4.69, 9.17) is 18.9 Å². The number of para-hydroxylation sites is 2. The maximum atomic E-state index is 12.3. The molecular formula is C21H22N4O5S. The number of fused-ring (bicyclic) bond motifs is 1. The van der Waals surface area contributed by atoms with E-state index >= 15 is 0 Å². The Morgan fingerprint density at radius 3 is 2.52 bits per heavy atom. The number of nitrogens with zero attached hydrogens (tertiary/aromatic N) is 3. The fourth-order valence-corrected chi connectivity index (χ4v) is 3.97. The molecule has 0 spiro atoms. The molecule has 0 unspecified atom stereocenters. The summed E-state index contributed by atoms with van der Waals surface area (Å²) in [6.45, 7) is 1.43. The van der Waals surface area contributed by atoms with E-state index in [1.54, 1.807) is 19.2 Å². The van der Waals surface area contributed by atoms with E-state index in [1.165, 1.54) is 37.9 Å². The van der Waals surface area contributed by atoms with Crippen molar-refractivity contribution in [1.29, 1.82) is 0 Å². The van der Waals surface area contributed by atoms with Gasteiger partial charge in [-0.15, -0.1) is 5.10 Å². The zero-order valence-corrected chi connectivity index (χ0v) is 18.4. The Kier molecular flexibility index (Phi) is 5.90. The number of nitrogens with one attached hydrogen (secondary N) is 1. The molecule has 3 aromatic rings. The van der Waals surface area contributed by atoms with E-state index in [1.807, 2.05) is 24.3 Å². The van der Waals surface area contributed by atoms with Crippen molar-refractivity contribution >= 4 is 34.6 Å². The fourth-order valence-electron chi connectivity index (χ4n) is 3.24. The predicted molar refractivity (Wildman–Crippen MR) is 117 cm³/mol. The Labute approximate surface area is 183 Å². The van der Waals surface area contributed by atoms with Crippen LogP contribution in [0.3, 0.4) is 0 Å². The Morgan fingerprint density at radius 1 is 1.13 bits per heavy atom. The van der Waals surface area contributed by atoms with Gasteiger partial charge in [0.15, 0.2) is 16.7 Å². The first-order valence-electron chi connectivity index (χ1n) is 9.45. The van der Waals surface area contributed by atoms with E-state index in [9.17, 15) is 4.79 Å². The number of rotatable bonds is 7. The Balaban J connectivity index is 1.57. The number of ether oxygens (including phenoxy) is 4. The summed E-state index contributed by atoms with van der Waals surface area (Å²) in [7, 11) is 4.62. The number of aromatic nitrogens is 2. The summed E-state index contributed by atoms with van der Waals surface area (Å²) in [5, 5.41) is 6.41. The van der Waals surface area contributed by atoms with E-state index in [2.05, 4.69) is 15.1 Å². The molecule has 0 radical (unpaired) electrons. The van der Waals surface area contributed by atoms with Gasteiger partial charge in [-0.2, -0.15) is 5.01 Å². The van der Waals surface area contributed by atoms with Crippen LogP contribution in [-0.2, 0) is 9.53 Å². The number of amides is 1. The number of methoxy groups -OCH3 is 3. The lowest BCUT2D eigenvalue weighted by Gasteiger charge is -2.22. The summed E-state index contributed by atoms with van der Waals surface area (Å²) in [4.78, 5) is 20.1. The van der Waals surface area contributed by atoms with Gasteiger partial charge in [-0.3, -0.25) is 4.79 Å². The third-order valence-electron chi connectivity index (χ3n) is 4.71. The SMILES string of the molecule is COc1cc(OC)c([C@H]2OC(CSc3nc4ccccc4[nH]3)=NN2C(C)=O)cc1OC. The van der Waals surface area contributed by atoms with Crippen LogP contribution in [0.4, 0.5) is 0 Å². The third-order valence-corrected chi connectivity index (χ3v) is 5.57. The van der Waals surface area contributed by atoms with Gasteiger partial charge in [-0.1, -0.05) is 23.9 Å². The van der Waals surface area contributed by atoms with Gasteiger partial charge >= 0.3 is 0 Å². The lowest BCUT2D eigenvalue weighted by atomic mass is 10.1. The van der Waals surface area contributed by atoms with Gasteiger partial charge in [-0.25, -0.2) is 4.98 Å². The first kappa shape index (κ1) is 20.9. The number of benzene rings is 2. The van der Waals surface area contributed by atoms with Crippen LogP contribution in [0.25, 0.3) is 11.0 Å². The minimum Gasteiger partial charge on any atom is -0.496 e. The minimum absolute atomic E-state index is 0.259. The molecule has 31 heavy (non-hydrogen) atoms. The topological polar surface area (TPSA) is 98.3 Å². The van der Waals surface area contributed by atoms with Gasteiger partial charge < -0.3 is 23.9 Å². The van der Waals surface area contributed by atoms with Crippen molar-refractivity contribution in [3.05, 3.63) is 42.0 Å². The molecule has 0 saturated heterocycles. The molecule has 1 aromatic heterocycles. The minimum atomic E-state index is -0.779. The van der Waals surface area contributed by atoms with E-state index in [-0.39, 0.29) is 5.91 Å². The number of hydrogen-bond donors (Lipinski definition) is 1. The number of aromatic amines is 1. The molecule has 9 nitrogen and oxygen atoms in total. The van der Waals surface area contributed by atoms with Crippen molar-refractivity contribution < 1.29 is 23.7 Å². The van der Waals surface area contributed by atoms with Crippen LogP contribution >= 0.6 is 11.8 Å². The number of carbonyl (C=O) groups excluding carboxylic acids is 1. The molecule has 162 valence electrons. The summed E-state index contributed by atoms with van der Waals surface area (Å²) >= 11 is 1.44. The zero-order chi connectivity index (χ0) is 22.0. The number of hydrogen-bond acceptors (Lipinski definition) is 8. The molecule has 10 heteroatoms.